The molecule has 1 atom stereocenters. The number of piperazine rings is 1. The van der Waals surface area contributed by atoms with Crippen LogP contribution in [0.2, 0.25) is 5.02 Å². The quantitative estimate of drug-likeness (QED) is 0.787. The molecule has 156 valence electrons. The van der Waals surface area contributed by atoms with Crippen LogP contribution in [0, 0.1) is 0 Å². The number of nitrogens with one attached hydrogen (secondary N) is 1. The highest BCUT2D eigenvalue weighted by molar-refractivity contribution is 7.89. The maximum Gasteiger partial charge on any atom is 0.408 e. The van der Waals surface area contributed by atoms with Crippen LogP contribution in [-0.2, 0) is 19.6 Å². The van der Waals surface area contributed by atoms with E-state index in [9.17, 15) is 18.0 Å². The van der Waals surface area contributed by atoms with Crippen molar-refractivity contribution in [3.63, 3.8) is 0 Å². The molecule has 0 bridgehead atoms. The van der Waals surface area contributed by atoms with Crippen LogP contribution in [0.25, 0.3) is 0 Å². The first-order chi connectivity index (χ1) is 12.9. The molecule has 2 amide bonds. The van der Waals surface area contributed by atoms with Gasteiger partial charge in [-0.3, -0.25) is 4.79 Å². The maximum absolute atomic E-state index is 12.7. The van der Waals surface area contributed by atoms with Gasteiger partial charge in [0.2, 0.25) is 15.9 Å². The number of alkyl carbamates (subject to hydrolysis) is 1. The van der Waals surface area contributed by atoms with Gasteiger partial charge in [-0.2, -0.15) is 4.31 Å². The monoisotopic (exact) mass is 431 g/mol. The second-order valence-electron chi connectivity index (χ2n) is 7.55. The van der Waals surface area contributed by atoms with Gasteiger partial charge in [-0.05, 0) is 52.0 Å². The zero-order chi connectivity index (χ0) is 21.1. The lowest BCUT2D eigenvalue weighted by Crippen LogP contribution is -2.55. The van der Waals surface area contributed by atoms with Gasteiger partial charge in [-0.25, -0.2) is 13.2 Å². The van der Waals surface area contributed by atoms with Crippen LogP contribution in [-0.4, -0.2) is 67.4 Å². The van der Waals surface area contributed by atoms with Crippen molar-refractivity contribution in [2.24, 2.45) is 0 Å². The van der Waals surface area contributed by atoms with E-state index in [0.29, 0.717) is 5.02 Å². The van der Waals surface area contributed by atoms with E-state index in [4.69, 9.17) is 16.3 Å². The molecule has 0 aliphatic carbocycles. The fourth-order valence-electron chi connectivity index (χ4n) is 2.72. The average Bonchev–Trinajstić information content (AvgIpc) is 2.59. The van der Waals surface area contributed by atoms with Gasteiger partial charge in [0.25, 0.3) is 0 Å². The number of rotatable bonds is 4. The van der Waals surface area contributed by atoms with Crippen molar-refractivity contribution in [2.45, 2.75) is 44.2 Å². The number of benzene rings is 1. The minimum absolute atomic E-state index is 0.164. The Labute approximate surface area is 170 Å². The number of halogens is 1. The van der Waals surface area contributed by atoms with E-state index < -0.39 is 27.8 Å². The normalized spacial score (nSPS) is 17.1. The maximum atomic E-state index is 12.7. The second-order valence-corrected chi connectivity index (χ2v) is 9.93. The number of hydrogen-bond donors (Lipinski definition) is 1. The van der Waals surface area contributed by atoms with E-state index in [-0.39, 0.29) is 37.0 Å². The molecular formula is C18H26ClN3O5S. The third kappa shape index (κ3) is 5.83. The lowest BCUT2D eigenvalue weighted by atomic mass is 10.2. The Bertz CT molecular complexity index is 813. The van der Waals surface area contributed by atoms with Crippen molar-refractivity contribution in [3.8, 4) is 0 Å². The number of sulfonamides is 1. The Balaban J connectivity index is 1.93. The lowest BCUT2D eigenvalue weighted by molar-refractivity contribution is -0.134. The average molecular weight is 432 g/mol. The summed E-state index contributed by atoms with van der Waals surface area (Å²) >= 11 is 5.81. The molecule has 28 heavy (non-hydrogen) atoms. The van der Waals surface area contributed by atoms with Crippen molar-refractivity contribution in [2.75, 3.05) is 26.2 Å². The highest BCUT2D eigenvalue weighted by Crippen LogP contribution is 2.20. The molecule has 1 aliphatic heterocycles. The summed E-state index contributed by atoms with van der Waals surface area (Å²) in [4.78, 5) is 26.1. The molecule has 1 aromatic rings. The van der Waals surface area contributed by atoms with Crippen LogP contribution in [0.4, 0.5) is 4.79 Å². The van der Waals surface area contributed by atoms with Crippen molar-refractivity contribution in [1.29, 1.82) is 0 Å². The van der Waals surface area contributed by atoms with E-state index in [0.717, 1.165) is 0 Å². The van der Waals surface area contributed by atoms with Crippen LogP contribution < -0.4 is 5.32 Å². The minimum Gasteiger partial charge on any atom is -0.444 e. The minimum atomic E-state index is -3.64. The first-order valence-corrected chi connectivity index (χ1v) is 10.8. The molecule has 1 saturated heterocycles. The summed E-state index contributed by atoms with van der Waals surface area (Å²) in [6, 6.07) is 5.20. The molecule has 8 nitrogen and oxygen atoms in total. The predicted octanol–water partition coefficient (Wildman–Crippen LogP) is 2.09. The standard InChI is InChI=1S/C18H26ClN3O5S/c1-13(20-17(24)27-18(2,3)4)16(23)21-9-11-22(12-10-21)28(25,26)15-7-5-14(19)6-8-15/h5-8,13H,9-12H2,1-4H3,(H,20,24). The molecule has 1 unspecified atom stereocenters. The Hall–Kier alpha value is -1.84. The highest BCUT2D eigenvalue weighted by Gasteiger charge is 2.32. The van der Waals surface area contributed by atoms with Gasteiger partial charge in [0, 0.05) is 31.2 Å². The van der Waals surface area contributed by atoms with Crippen LogP contribution in [0.3, 0.4) is 0 Å². The molecule has 0 aromatic heterocycles. The summed E-state index contributed by atoms with van der Waals surface area (Å²) in [5.41, 5.74) is -0.658. The van der Waals surface area contributed by atoms with E-state index >= 15 is 0 Å². The topological polar surface area (TPSA) is 96.0 Å². The summed E-state index contributed by atoms with van der Waals surface area (Å²) in [7, 11) is -3.64. The Morgan fingerprint density at radius 1 is 1.11 bits per heavy atom. The Morgan fingerprint density at radius 2 is 1.64 bits per heavy atom. The summed E-state index contributed by atoms with van der Waals surface area (Å²) < 4.78 is 31.9. The fraction of sp³-hybridized carbons (Fsp3) is 0.556. The van der Waals surface area contributed by atoms with Crippen molar-refractivity contribution in [1.82, 2.24) is 14.5 Å². The number of carbonyl (C=O) groups is 2. The number of amides is 2. The summed E-state index contributed by atoms with van der Waals surface area (Å²) in [5.74, 6) is -0.283. The van der Waals surface area contributed by atoms with Gasteiger partial charge in [-0.1, -0.05) is 11.6 Å². The third-order valence-electron chi connectivity index (χ3n) is 4.11. The first kappa shape index (κ1) is 22.4. The number of ether oxygens (including phenoxy) is 1. The lowest BCUT2D eigenvalue weighted by Gasteiger charge is -2.35. The van der Waals surface area contributed by atoms with E-state index in [1.807, 2.05) is 0 Å². The van der Waals surface area contributed by atoms with E-state index in [1.165, 1.54) is 33.5 Å². The first-order valence-electron chi connectivity index (χ1n) is 8.94. The molecule has 0 saturated carbocycles. The molecule has 0 spiro atoms. The molecule has 1 N–H and O–H groups in total. The van der Waals surface area contributed by atoms with Gasteiger partial charge in [-0.15, -0.1) is 0 Å². The van der Waals surface area contributed by atoms with Gasteiger partial charge in [0.15, 0.2) is 0 Å². The molecular weight excluding hydrogens is 406 g/mol. The molecule has 1 fully saturated rings. The zero-order valence-electron chi connectivity index (χ0n) is 16.4. The summed E-state index contributed by atoms with van der Waals surface area (Å²) in [6.45, 7) is 7.62. The molecule has 1 aliphatic rings. The third-order valence-corrected chi connectivity index (χ3v) is 6.27. The Morgan fingerprint density at radius 3 is 2.14 bits per heavy atom. The van der Waals surface area contributed by atoms with Crippen LogP contribution >= 0.6 is 11.6 Å². The molecule has 10 heteroatoms. The van der Waals surface area contributed by atoms with Crippen LogP contribution in [0.15, 0.2) is 29.2 Å². The predicted molar refractivity (Wildman–Crippen MR) is 106 cm³/mol. The van der Waals surface area contributed by atoms with Crippen molar-refractivity contribution >= 4 is 33.6 Å². The van der Waals surface area contributed by atoms with Crippen LogP contribution in [0.1, 0.15) is 27.7 Å². The van der Waals surface area contributed by atoms with E-state index in [1.54, 1.807) is 27.7 Å². The highest BCUT2D eigenvalue weighted by atomic mass is 35.5. The Kier molecular flexibility index (Phi) is 6.95. The molecule has 1 aromatic carbocycles. The number of hydrogen-bond acceptors (Lipinski definition) is 5. The zero-order valence-corrected chi connectivity index (χ0v) is 18.0. The van der Waals surface area contributed by atoms with Gasteiger partial charge < -0.3 is 15.0 Å². The van der Waals surface area contributed by atoms with Gasteiger partial charge >= 0.3 is 6.09 Å². The van der Waals surface area contributed by atoms with Crippen molar-refractivity contribution in [3.05, 3.63) is 29.3 Å². The smallest absolute Gasteiger partial charge is 0.408 e. The molecule has 1 heterocycles. The van der Waals surface area contributed by atoms with Crippen molar-refractivity contribution < 1.29 is 22.7 Å². The molecule has 0 radical (unpaired) electrons. The van der Waals surface area contributed by atoms with Gasteiger partial charge in [0.05, 0.1) is 4.90 Å². The largest absolute Gasteiger partial charge is 0.444 e. The van der Waals surface area contributed by atoms with Gasteiger partial charge in [0.1, 0.15) is 11.6 Å². The SMILES string of the molecule is CC(NC(=O)OC(C)(C)C)C(=O)N1CCN(S(=O)(=O)c2ccc(Cl)cc2)CC1. The second kappa shape index (κ2) is 8.67. The fourth-order valence-corrected chi connectivity index (χ4v) is 4.27. The van der Waals surface area contributed by atoms with E-state index in [2.05, 4.69) is 5.32 Å². The number of nitrogens with zero attached hydrogens (tertiary/aromatic N) is 2. The summed E-state index contributed by atoms with van der Waals surface area (Å²) in [5, 5.41) is 2.97. The summed E-state index contributed by atoms with van der Waals surface area (Å²) in [6.07, 6.45) is -0.669. The number of carbonyl (C=O) groups excluding carboxylic acids is 2. The molecule has 2 rings (SSSR count). The van der Waals surface area contributed by atoms with Crippen LogP contribution in [0.5, 0.6) is 0 Å².